The van der Waals surface area contributed by atoms with E-state index in [-0.39, 0.29) is 11.7 Å². The lowest BCUT2D eigenvalue weighted by atomic mass is 10.2. The third-order valence-corrected chi connectivity index (χ3v) is 3.18. The molecule has 1 aromatic rings. The topological polar surface area (TPSA) is 73.1 Å². The molecule has 108 valence electrons. The molecule has 1 saturated heterocycles. The molecule has 1 aliphatic heterocycles. The lowest BCUT2D eigenvalue weighted by molar-refractivity contribution is -0.142. The van der Waals surface area contributed by atoms with Crippen LogP contribution in [0.5, 0.6) is 0 Å². The van der Waals surface area contributed by atoms with E-state index in [0.29, 0.717) is 18.9 Å². The number of rotatable bonds is 2. The standard InChI is InChI=1S/C11H18F3N5/c12-11(13,14)7-19-10(9(16)5-17-19)18-4-2-1-3-8(15)6-18/h5,8H,1-4,6-7,15-16H2. The van der Waals surface area contributed by atoms with E-state index in [2.05, 4.69) is 5.10 Å². The number of nitrogens with zero attached hydrogens (tertiary/aromatic N) is 3. The molecule has 1 atom stereocenters. The van der Waals surface area contributed by atoms with E-state index in [4.69, 9.17) is 11.5 Å². The van der Waals surface area contributed by atoms with Gasteiger partial charge in [-0.1, -0.05) is 6.42 Å². The normalized spacial score (nSPS) is 21.5. The van der Waals surface area contributed by atoms with Crippen LogP contribution >= 0.6 is 0 Å². The Balaban J connectivity index is 2.24. The first-order valence-corrected chi connectivity index (χ1v) is 6.25. The second-order valence-electron chi connectivity index (χ2n) is 4.90. The first-order valence-electron chi connectivity index (χ1n) is 6.25. The maximum Gasteiger partial charge on any atom is 0.408 e. The van der Waals surface area contributed by atoms with Crippen molar-refractivity contribution in [2.75, 3.05) is 23.7 Å². The second-order valence-corrected chi connectivity index (χ2v) is 4.90. The van der Waals surface area contributed by atoms with Crippen molar-refractivity contribution in [3.8, 4) is 0 Å². The summed E-state index contributed by atoms with van der Waals surface area (Å²) in [5.74, 6) is 0.328. The van der Waals surface area contributed by atoms with Gasteiger partial charge < -0.3 is 16.4 Å². The van der Waals surface area contributed by atoms with Gasteiger partial charge in [0.2, 0.25) is 0 Å². The minimum atomic E-state index is -4.32. The lowest BCUT2D eigenvalue weighted by Gasteiger charge is -2.26. The van der Waals surface area contributed by atoms with Crippen molar-refractivity contribution in [3.63, 3.8) is 0 Å². The van der Waals surface area contributed by atoms with Gasteiger partial charge in [-0.15, -0.1) is 0 Å². The smallest absolute Gasteiger partial charge is 0.394 e. The maximum atomic E-state index is 12.5. The molecule has 1 aliphatic rings. The Morgan fingerprint density at radius 1 is 1.37 bits per heavy atom. The fraction of sp³-hybridized carbons (Fsp3) is 0.727. The highest BCUT2D eigenvalue weighted by Gasteiger charge is 2.31. The molecule has 5 nitrogen and oxygen atoms in total. The highest BCUT2D eigenvalue weighted by Crippen LogP contribution is 2.28. The molecule has 2 rings (SSSR count). The van der Waals surface area contributed by atoms with E-state index < -0.39 is 12.7 Å². The summed E-state index contributed by atoms with van der Waals surface area (Å²) in [6, 6.07) is -0.0452. The first-order chi connectivity index (χ1) is 8.87. The number of anilines is 2. The Labute approximate surface area is 109 Å². The molecule has 2 heterocycles. The maximum absolute atomic E-state index is 12.5. The molecule has 0 saturated carbocycles. The Bertz CT molecular complexity index is 428. The Morgan fingerprint density at radius 2 is 2.11 bits per heavy atom. The summed E-state index contributed by atoms with van der Waals surface area (Å²) >= 11 is 0. The summed E-state index contributed by atoms with van der Waals surface area (Å²) < 4.78 is 38.4. The van der Waals surface area contributed by atoms with Crippen LogP contribution in [-0.4, -0.2) is 35.1 Å². The van der Waals surface area contributed by atoms with Crippen molar-refractivity contribution in [1.29, 1.82) is 0 Å². The van der Waals surface area contributed by atoms with Crippen molar-refractivity contribution < 1.29 is 13.2 Å². The van der Waals surface area contributed by atoms with Gasteiger partial charge in [0, 0.05) is 19.1 Å². The van der Waals surface area contributed by atoms with Crippen molar-refractivity contribution in [1.82, 2.24) is 9.78 Å². The van der Waals surface area contributed by atoms with Crippen LogP contribution in [0.4, 0.5) is 24.7 Å². The number of hydrogen-bond acceptors (Lipinski definition) is 4. The average Bonchev–Trinajstić information content (AvgIpc) is 2.50. The number of hydrogen-bond donors (Lipinski definition) is 2. The third-order valence-electron chi connectivity index (χ3n) is 3.18. The quantitative estimate of drug-likeness (QED) is 0.855. The summed E-state index contributed by atoms with van der Waals surface area (Å²) in [6.07, 6.45) is -0.308. The number of halogens is 3. The SMILES string of the molecule is Nc1cnn(CC(F)(F)F)c1N1CCCCC(N)C1. The fourth-order valence-corrected chi connectivity index (χ4v) is 2.39. The molecular weight excluding hydrogens is 259 g/mol. The van der Waals surface area contributed by atoms with Gasteiger partial charge in [-0.3, -0.25) is 0 Å². The molecule has 8 heteroatoms. The summed E-state index contributed by atoms with van der Waals surface area (Å²) in [5, 5.41) is 3.72. The third kappa shape index (κ3) is 3.52. The molecule has 4 N–H and O–H groups in total. The van der Waals surface area contributed by atoms with Crippen LogP contribution in [-0.2, 0) is 6.54 Å². The van der Waals surface area contributed by atoms with Crippen LogP contribution in [0.25, 0.3) is 0 Å². The zero-order chi connectivity index (χ0) is 14.0. The summed E-state index contributed by atoms with van der Waals surface area (Å²) in [6.45, 7) is 0.0282. The van der Waals surface area contributed by atoms with E-state index in [1.807, 2.05) is 4.90 Å². The van der Waals surface area contributed by atoms with E-state index in [1.165, 1.54) is 6.20 Å². The monoisotopic (exact) mass is 277 g/mol. The van der Waals surface area contributed by atoms with Crippen LogP contribution in [0.2, 0.25) is 0 Å². The Kier molecular flexibility index (Phi) is 3.88. The van der Waals surface area contributed by atoms with Crippen LogP contribution in [0.15, 0.2) is 6.20 Å². The van der Waals surface area contributed by atoms with Gasteiger partial charge in [-0.25, -0.2) is 4.68 Å². The summed E-state index contributed by atoms with van der Waals surface area (Å²) in [7, 11) is 0. The molecule has 0 aliphatic carbocycles. The van der Waals surface area contributed by atoms with Gasteiger partial charge in [-0.2, -0.15) is 18.3 Å². The van der Waals surface area contributed by atoms with Crippen LogP contribution in [0, 0.1) is 0 Å². The molecule has 0 amide bonds. The molecule has 1 unspecified atom stereocenters. The zero-order valence-electron chi connectivity index (χ0n) is 10.5. The van der Waals surface area contributed by atoms with Crippen LogP contribution < -0.4 is 16.4 Å². The van der Waals surface area contributed by atoms with Crippen molar-refractivity contribution >= 4 is 11.5 Å². The van der Waals surface area contributed by atoms with Crippen molar-refractivity contribution in [3.05, 3.63) is 6.20 Å². The van der Waals surface area contributed by atoms with Gasteiger partial charge in [0.05, 0.1) is 11.9 Å². The van der Waals surface area contributed by atoms with Gasteiger partial charge in [0.1, 0.15) is 6.54 Å². The predicted molar refractivity (Wildman–Crippen MR) is 66.7 cm³/mol. The zero-order valence-corrected chi connectivity index (χ0v) is 10.5. The van der Waals surface area contributed by atoms with Gasteiger partial charge >= 0.3 is 6.18 Å². The minimum absolute atomic E-state index is 0.0452. The predicted octanol–water partition coefficient (Wildman–Crippen LogP) is 1.35. The average molecular weight is 277 g/mol. The number of aromatic nitrogens is 2. The van der Waals surface area contributed by atoms with Crippen LogP contribution in [0.3, 0.4) is 0 Å². The molecule has 1 aromatic heterocycles. The second kappa shape index (κ2) is 5.28. The number of nitrogen functional groups attached to an aromatic ring is 1. The van der Waals surface area contributed by atoms with E-state index >= 15 is 0 Å². The first kappa shape index (κ1) is 14.0. The molecular formula is C11H18F3N5. The van der Waals surface area contributed by atoms with E-state index in [0.717, 1.165) is 23.9 Å². The number of alkyl halides is 3. The largest absolute Gasteiger partial charge is 0.408 e. The van der Waals surface area contributed by atoms with Gasteiger partial charge in [0.25, 0.3) is 0 Å². The Morgan fingerprint density at radius 3 is 2.79 bits per heavy atom. The van der Waals surface area contributed by atoms with Crippen molar-refractivity contribution in [2.24, 2.45) is 5.73 Å². The van der Waals surface area contributed by atoms with Gasteiger partial charge in [0.15, 0.2) is 5.82 Å². The molecule has 0 radical (unpaired) electrons. The lowest BCUT2D eigenvalue weighted by Crippen LogP contribution is -2.38. The van der Waals surface area contributed by atoms with E-state index in [1.54, 1.807) is 0 Å². The minimum Gasteiger partial charge on any atom is -0.394 e. The van der Waals surface area contributed by atoms with Gasteiger partial charge in [-0.05, 0) is 12.8 Å². The Hall–Kier alpha value is -1.44. The van der Waals surface area contributed by atoms with E-state index in [9.17, 15) is 13.2 Å². The van der Waals surface area contributed by atoms with Crippen molar-refractivity contribution in [2.45, 2.75) is 38.0 Å². The fourth-order valence-electron chi connectivity index (χ4n) is 2.39. The summed E-state index contributed by atoms with van der Waals surface area (Å²) in [4.78, 5) is 1.81. The molecule has 1 fully saturated rings. The highest BCUT2D eigenvalue weighted by atomic mass is 19.4. The highest BCUT2D eigenvalue weighted by molar-refractivity contribution is 5.62. The number of nitrogens with two attached hydrogens (primary N) is 2. The molecule has 0 bridgehead atoms. The van der Waals surface area contributed by atoms with Crippen LogP contribution in [0.1, 0.15) is 19.3 Å². The molecule has 19 heavy (non-hydrogen) atoms. The summed E-state index contributed by atoms with van der Waals surface area (Å²) in [5.41, 5.74) is 11.9. The molecule has 0 spiro atoms. The molecule has 0 aromatic carbocycles.